The third-order valence-corrected chi connectivity index (χ3v) is 4.07. The molecule has 1 aliphatic heterocycles. The summed E-state index contributed by atoms with van der Waals surface area (Å²) in [4.78, 5) is 7.08. The van der Waals surface area contributed by atoms with Gasteiger partial charge >= 0.3 is 0 Å². The Morgan fingerprint density at radius 2 is 2.28 bits per heavy atom. The number of hydrogen-bond acceptors (Lipinski definition) is 3. The predicted octanol–water partition coefficient (Wildman–Crippen LogP) is 2.22. The van der Waals surface area contributed by atoms with E-state index in [1.807, 2.05) is 12.3 Å². The molecule has 1 fully saturated rings. The van der Waals surface area contributed by atoms with Gasteiger partial charge in [0.1, 0.15) is 0 Å². The van der Waals surface area contributed by atoms with Gasteiger partial charge in [-0.15, -0.1) is 0 Å². The van der Waals surface area contributed by atoms with Gasteiger partial charge in [0.25, 0.3) is 0 Å². The first-order valence-corrected chi connectivity index (χ1v) is 7.07. The van der Waals surface area contributed by atoms with Crippen LogP contribution in [0.5, 0.6) is 0 Å². The van der Waals surface area contributed by atoms with Crippen LogP contribution >= 0.6 is 0 Å². The van der Waals surface area contributed by atoms with Gasteiger partial charge in [-0.3, -0.25) is 9.88 Å². The zero-order valence-electron chi connectivity index (χ0n) is 11.9. The van der Waals surface area contributed by atoms with Gasteiger partial charge in [-0.1, -0.05) is 19.9 Å². The maximum atomic E-state index is 4.56. The number of piperazine rings is 1. The predicted molar refractivity (Wildman–Crippen MR) is 75.6 cm³/mol. The van der Waals surface area contributed by atoms with E-state index in [1.54, 1.807) is 0 Å². The summed E-state index contributed by atoms with van der Waals surface area (Å²) < 4.78 is 0. The molecule has 0 radical (unpaired) electrons. The van der Waals surface area contributed by atoms with Crippen molar-refractivity contribution < 1.29 is 0 Å². The van der Waals surface area contributed by atoms with Crippen molar-refractivity contribution in [3.8, 4) is 0 Å². The van der Waals surface area contributed by atoms with Gasteiger partial charge in [-0.05, 0) is 31.4 Å². The Hall–Kier alpha value is -0.930. The summed E-state index contributed by atoms with van der Waals surface area (Å²) in [7, 11) is 0. The lowest BCUT2D eigenvalue weighted by Crippen LogP contribution is -2.58. The van der Waals surface area contributed by atoms with Crippen molar-refractivity contribution in [2.75, 3.05) is 19.6 Å². The van der Waals surface area contributed by atoms with E-state index in [0.717, 1.165) is 32.6 Å². The van der Waals surface area contributed by atoms with Crippen LogP contribution in [0.25, 0.3) is 0 Å². The van der Waals surface area contributed by atoms with Gasteiger partial charge < -0.3 is 5.32 Å². The first kappa shape index (κ1) is 13.5. The Bertz CT molecular complexity index is 391. The number of hydrogen-bond donors (Lipinski definition) is 1. The highest BCUT2D eigenvalue weighted by Gasteiger charge is 2.28. The minimum Gasteiger partial charge on any atom is -0.309 e. The topological polar surface area (TPSA) is 28.2 Å². The van der Waals surface area contributed by atoms with Crippen LogP contribution in [0.15, 0.2) is 18.3 Å². The van der Waals surface area contributed by atoms with Crippen molar-refractivity contribution in [2.45, 2.75) is 45.7 Å². The minimum atomic E-state index is 0.263. The van der Waals surface area contributed by atoms with E-state index in [2.05, 4.69) is 42.0 Å². The molecule has 0 aromatic carbocycles. The second-order valence-corrected chi connectivity index (χ2v) is 5.51. The SMILES string of the molecule is CCc1cccnc1CN1CCNC(C)(CC)C1. The monoisotopic (exact) mass is 247 g/mol. The van der Waals surface area contributed by atoms with Gasteiger partial charge in [0.2, 0.25) is 0 Å². The summed E-state index contributed by atoms with van der Waals surface area (Å²) in [5.74, 6) is 0. The first-order chi connectivity index (χ1) is 8.67. The zero-order chi connectivity index (χ0) is 13.0. The molecule has 1 aromatic heterocycles. The number of aryl methyl sites for hydroxylation is 1. The summed E-state index contributed by atoms with van der Waals surface area (Å²) in [6.45, 7) is 11.1. The number of pyridine rings is 1. The van der Waals surface area contributed by atoms with E-state index < -0.39 is 0 Å². The van der Waals surface area contributed by atoms with Gasteiger partial charge in [0, 0.05) is 37.9 Å². The van der Waals surface area contributed by atoms with E-state index in [-0.39, 0.29) is 5.54 Å². The van der Waals surface area contributed by atoms with Crippen molar-refractivity contribution in [2.24, 2.45) is 0 Å². The van der Waals surface area contributed by atoms with Crippen LogP contribution < -0.4 is 5.32 Å². The Balaban J connectivity index is 2.05. The van der Waals surface area contributed by atoms with Crippen LogP contribution in [0.1, 0.15) is 38.4 Å². The third kappa shape index (κ3) is 3.09. The molecule has 0 saturated carbocycles. The summed E-state index contributed by atoms with van der Waals surface area (Å²) >= 11 is 0. The normalized spacial score (nSPS) is 25.3. The number of aromatic nitrogens is 1. The molecule has 0 aliphatic carbocycles. The molecule has 0 spiro atoms. The highest BCUT2D eigenvalue weighted by atomic mass is 15.2. The largest absolute Gasteiger partial charge is 0.309 e. The fourth-order valence-corrected chi connectivity index (χ4v) is 2.66. The van der Waals surface area contributed by atoms with E-state index >= 15 is 0 Å². The zero-order valence-corrected chi connectivity index (χ0v) is 11.9. The standard InChI is InChI=1S/C15H25N3/c1-4-13-7-6-8-16-14(13)11-18-10-9-17-15(3,5-2)12-18/h6-8,17H,4-5,9-12H2,1-3H3. The summed E-state index contributed by atoms with van der Waals surface area (Å²) in [5.41, 5.74) is 2.90. The number of nitrogens with one attached hydrogen (secondary N) is 1. The lowest BCUT2D eigenvalue weighted by molar-refractivity contribution is 0.132. The van der Waals surface area contributed by atoms with Crippen LogP contribution in [-0.2, 0) is 13.0 Å². The Morgan fingerprint density at radius 1 is 1.44 bits per heavy atom. The lowest BCUT2D eigenvalue weighted by atomic mass is 9.95. The maximum Gasteiger partial charge on any atom is 0.0575 e. The van der Waals surface area contributed by atoms with Gasteiger partial charge in [-0.25, -0.2) is 0 Å². The Kier molecular flexibility index (Phi) is 4.36. The molecule has 3 heteroatoms. The minimum absolute atomic E-state index is 0.263. The van der Waals surface area contributed by atoms with Gasteiger partial charge in [-0.2, -0.15) is 0 Å². The average molecular weight is 247 g/mol. The van der Waals surface area contributed by atoms with Crippen molar-refractivity contribution in [1.29, 1.82) is 0 Å². The molecule has 1 unspecified atom stereocenters. The van der Waals surface area contributed by atoms with Crippen molar-refractivity contribution in [3.05, 3.63) is 29.6 Å². The molecule has 0 amide bonds. The van der Waals surface area contributed by atoms with Gasteiger partial charge in [0.05, 0.1) is 5.69 Å². The van der Waals surface area contributed by atoms with Crippen molar-refractivity contribution in [3.63, 3.8) is 0 Å². The van der Waals surface area contributed by atoms with Crippen LogP contribution in [0, 0.1) is 0 Å². The number of rotatable bonds is 4. The molecule has 1 aromatic rings. The molecular weight excluding hydrogens is 222 g/mol. The highest BCUT2D eigenvalue weighted by Crippen LogP contribution is 2.18. The van der Waals surface area contributed by atoms with E-state index in [9.17, 15) is 0 Å². The fourth-order valence-electron chi connectivity index (χ4n) is 2.66. The molecule has 1 atom stereocenters. The smallest absolute Gasteiger partial charge is 0.0575 e. The molecule has 1 N–H and O–H groups in total. The van der Waals surface area contributed by atoms with Crippen LogP contribution in [-0.4, -0.2) is 35.1 Å². The van der Waals surface area contributed by atoms with Crippen molar-refractivity contribution >= 4 is 0 Å². The van der Waals surface area contributed by atoms with Crippen LogP contribution in [0.4, 0.5) is 0 Å². The number of nitrogens with zero attached hydrogens (tertiary/aromatic N) is 2. The molecule has 1 saturated heterocycles. The molecule has 1 aliphatic rings. The van der Waals surface area contributed by atoms with E-state index in [4.69, 9.17) is 0 Å². The quantitative estimate of drug-likeness (QED) is 0.884. The lowest BCUT2D eigenvalue weighted by Gasteiger charge is -2.41. The average Bonchev–Trinajstić information content (AvgIpc) is 2.39. The summed E-state index contributed by atoms with van der Waals surface area (Å²) in [5, 5.41) is 3.63. The molecule has 2 heterocycles. The molecule has 3 nitrogen and oxygen atoms in total. The summed E-state index contributed by atoms with van der Waals surface area (Å²) in [6, 6.07) is 4.24. The highest BCUT2D eigenvalue weighted by molar-refractivity contribution is 5.19. The van der Waals surface area contributed by atoms with Crippen molar-refractivity contribution in [1.82, 2.24) is 15.2 Å². The molecule has 18 heavy (non-hydrogen) atoms. The Labute approximate surface area is 111 Å². The second kappa shape index (κ2) is 5.81. The second-order valence-electron chi connectivity index (χ2n) is 5.51. The summed E-state index contributed by atoms with van der Waals surface area (Å²) in [6.07, 6.45) is 4.16. The van der Waals surface area contributed by atoms with Crippen LogP contribution in [0.2, 0.25) is 0 Å². The molecular formula is C15H25N3. The molecule has 100 valence electrons. The van der Waals surface area contributed by atoms with Gasteiger partial charge in [0.15, 0.2) is 0 Å². The van der Waals surface area contributed by atoms with E-state index in [0.29, 0.717) is 0 Å². The van der Waals surface area contributed by atoms with Crippen LogP contribution in [0.3, 0.4) is 0 Å². The molecule has 0 bridgehead atoms. The third-order valence-electron chi connectivity index (χ3n) is 4.07. The fraction of sp³-hybridized carbons (Fsp3) is 0.667. The molecule has 2 rings (SSSR count). The Morgan fingerprint density at radius 3 is 3.00 bits per heavy atom. The maximum absolute atomic E-state index is 4.56. The first-order valence-electron chi connectivity index (χ1n) is 7.07. The van der Waals surface area contributed by atoms with E-state index in [1.165, 1.54) is 17.7 Å².